The van der Waals surface area contributed by atoms with Crippen molar-refractivity contribution in [3.05, 3.63) is 0 Å². The zero-order chi connectivity index (χ0) is 5.44. The lowest BCUT2D eigenvalue weighted by atomic mass is 10.4. The van der Waals surface area contributed by atoms with Crippen LogP contribution in [0.1, 0.15) is 13.8 Å². The Bertz CT molecular complexity index is 66.5. The maximum absolute atomic E-state index is 5.18. The van der Waals surface area contributed by atoms with Crippen LogP contribution in [0.2, 0.25) is 0 Å². The monoisotopic (exact) mass is 101 g/mol. The maximum Gasteiger partial charge on any atom is 0.111 e. The minimum absolute atomic E-state index is 0.343. The molecule has 0 N–H and O–H groups in total. The second-order valence-electron chi connectivity index (χ2n) is 2.00. The van der Waals surface area contributed by atoms with Gasteiger partial charge in [0.05, 0.1) is 0 Å². The van der Waals surface area contributed by atoms with Crippen molar-refractivity contribution in [3.8, 4) is 0 Å². The van der Waals surface area contributed by atoms with Crippen molar-refractivity contribution < 1.29 is 4.74 Å². The standard InChI is InChI=1S/C5H11NO/c1-4-6(3)5(2)7-4/h4-5H,1-3H3. The molecule has 2 nitrogen and oxygen atoms in total. The topological polar surface area (TPSA) is 12.5 Å². The molecule has 1 rings (SSSR count). The van der Waals surface area contributed by atoms with Crippen molar-refractivity contribution in [2.24, 2.45) is 0 Å². The molecule has 1 aliphatic heterocycles. The summed E-state index contributed by atoms with van der Waals surface area (Å²) in [4.78, 5) is 2.17. The molecule has 0 aromatic rings. The lowest BCUT2D eigenvalue weighted by Gasteiger charge is -2.42. The fourth-order valence-electron chi connectivity index (χ4n) is 0.711. The summed E-state index contributed by atoms with van der Waals surface area (Å²) in [5.74, 6) is 0. The average Bonchev–Trinajstić information content (AvgIpc) is 1.68. The SMILES string of the molecule is CC1OC(C)N1C. The normalized spacial score (nSPS) is 43.3. The molecular formula is C5H11NO. The van der Waals surface area contributed by atoms with Crippen molar-refractivity contribution in [1.82, 2.24) is 4.90 Å². The van der Waals surface area contributed by atoms with Crippen LogP contribution in [-0.2, 0) is 4.74 Å². The molecule has 0 saturated carbocycles. The van der Waals surface area contributed by atoms with E-state index in [2.05, 4.69) is 11.9 Å². The van der Waals surface area contributed by atoms with Crippen LogP contribution in [0, 0.1) is 0 Å². The highest BCUT2D eigenvalue weighted by Crippen LogP contribution is 2.16. The van der Waals surface area contributed by atoms with E-state index in [0.29, 0.717) is 12.5 Å². The molecule has 2 atom stereocenters. The van der Waals surface area contributed by atoms with E-state index < -0.39 is 0 Å². The van der Waals surface area contributed by atoms with Gasteiger partial charge in [-0.3, -0.25) is 4.90 Å². The molecule has 1 saturated heterocycles. The third-order valence-corrected chi connectivity index (χ3v) is 1.54. The fraction of sp³-hybridized carbons (Fsp3) is 1.00. The molecule has 1 aliphatic rings. The molecule has 7 heavy (non-hydrogen) atoms. The molecule has 0 aromatic carbocycles. The minimum Gasteiger partial charge on any atom is -0.345 e. The Morgan fingerprint density at radius 1 is 1.29 bits per heavy atom. The molecule has 2 heteroatoms. The molecule has 0 aliphatic carbocycles. The second-order valence-corrected chi connectivity index (χ2v) is 2.00. The highest BCUT2D eigenvalue weighted by molar-refractivity contribution is 4.64. The zero-order valence-corrected chi connectivity index (χ0v) is 5.01. The van der Waals surface area contributed by atoms with Gasteiger partial charge in [0.15, 0.2) is 0 Å². The molecular weight excluding hydrogens is 90.1 g/mol. The third-order valence-electron chi connectivity index (χ3n) is 1.54. The van der Waals surface area contributed by atoms with Gasteiger partial charge in [0.25, 0.3) is 0 Å². The van der Waals surface area contributed by atoms with Crippen LogP contribution in [0.5, 0.6) is 0 Å². The van der Waals surface area contributed by atoms with Gasteiger partial charge in [-0.1, -0.05) is 0 Å². The first-order chi connectivity index (χ1) is 3.22. The van der Waals surface area contributed by atoms with Gasteiger partial charge in [-0.25, -0.2) is 0 Å². The summed E-state index contributed by atoms with van der Waals surface area (Å²) in [5, 5.41) is 0. The van der Waals surface area contributed by atoms with Gasteiger partial charge in [0, 0.05) is 0 Å². The highest BCUT2D eigenvalue weighted by atomic mass is 16.6. The molecule has 1 fully saturated rings. The fourth-order valence-corrected chi connectivity index (χ4v) is 0.711. The van der Waals surface area contributed by atoms with Gasteiger partial charge in [-0.2, -0.15) is 0 Å². The van der Waals surface area contributed by atoms with Crippen molar-refractivity contribution in [3.63, 3.8) is 0 Å². The lowest BCUT2D eigenvalue weighted by molar-refractivity contribution is -0.255. The van der Waals surface area contributed by atoms with E-state index in [0.717, 1.165) is 0 Å². The van der Waals surface area contributed by atoms with E-state index in [4.69, 9.17) is 4.74 Å². The van der Waals surface area contributed by atoms with E-state index in [-0.39, 0.29) is 0 Å². The van der Waals surface area contributed by atoms with Crippen LogP contribution in [0.15, 0.2) is 0 Å². The lowest BCUT2D eigenvalue weighted by Crippen LogP contribution is -2.52. The maximum atomic E-state index is 5.18. The Morgan fingerprint density at radius 2 is 1.71 bits per heavy atom. The molecule has 2 unspecified atom stereocenters. The third kappa shape index (κ3) is 0.640. The van der Waals surface area contributed by atoms with E-state index >= 15 is 0 Å². The average molecular weight is 101 g/mol. The Balaban J connectivity index is 2.29. The summed E-state index contributed by atoms with van der Waals surface area (Å²) in [6.07, 6.45) is 0.685. The zero-order valence-electron chi connectivity index (χ0n) is 5.01. The Hall–Kier alpha value is -0.0800. The van der Waals surface area contributed by atoms with E-state index in [1.165, 1.54) is 0 Å². The van der Waals surface area contributed by atoms with Crippen molar-refractivity contribution in [2.45, 2.75) is 26.3 Å². The van der Waals surface area contributed by atoms with Gasteiger partial charge in [-0.15, -0.1) is 0 Å². The van der Waals surface area contributed by atoms with E-state index in [9.17, 15) is 0 Å². The number of nitrogens with zero attached hydrogens (tertiary/aromatic N) is 1. The molecule has 0 spiro atoms. The number of hydrogen-bond acceptors (Lipinski definition) is 2. The summed E-state index contributed by atoms with van der Waals surface area (Å²) in [5.41, 5.74) is 0. The summed E-state index contributed by atoms with van der Waals surface area (Å²) in [6, 6.07) is 0. The smallest absolute Gasteiger partial charge is 0.111 e. The van der Waals surface area contributed by atoms with Gasteiger partial charge < -0.3 is 4.74 Å². The Morgan fingerprint density at radius 3 is 1.71 bits per heavy atom. The quantitative estimate of drug-likeness (QED) is 0.444. The molecule has 0 amide bonds. The van der Waals surface area contributed by atoms with Crippen LogP contribution in [0.25, 0.3) is 0 Å². The molecule has 0 bridgehead atoms. The van der Waals surface area contributed by atoms with Gasteiger partial charge in [-0.05, 0) is 20.9 Å². The predicted molar refractivity (Wildman–Crippen MR) is 27.8 cm³/mol. The molecule has 1 heterocycles. The van der Waals surface area contributed by atoms with Gasteiger partial charge in [0.1, 0.15) is 12.5 Å². The van der Waals surface area contributed by atoms with Crippen molar-refractivity contribution in [2.75, 3.05) is 7.05 Å². The Kier molecular flexibility index (Phi) is 1.05. The molecule has 0 radical (unpaired) electrons. The first kappa shape index (κ1) is 5.06. The van der Waals surface area contributed by atoms with E-state index in [1.807, 2.05) is 13.8 Å². The van der Waals surface area contributed by atoms with Crippen molar-refractivity contribution >= 4 is 0 Å². The van der Waals surface area contributed by atoms with Crippen LogP contribution in [0.3, 0.4) is 0 Å². The second kappa shape index (κ2) is 1.46. The van der Waals surface area contributed by atoms with Crippen LogP contribution >= 0.6 is 0 Å². The predicted octanol–water partition coefficient (Wildman–Crippen LogP) is 0.640. The first-order valence-electron chi connectivity index (χ1n) is 2.59. The highest BCUT2D eigenvalue weighted by Gasteiger charge is 2.27. The van der Waals surface area contributed by atoms with Gasteiger partial charge >= 0.3 is 0 Å². The molecule has 42 valence electrons. The van der Waals surface area contributed by atoms with Crippen molar-refractivity contribution in [1.29, 1.82) is 0 Å². The number of ether oxygens (including phenoxy) is 1. The van der Waals surface area contributed by atoms with Crippen LogP contribution in [0.4, 0.5) is 0 Å². The number of hydrogen-bond donors (Lipinski definition) is 0. The van der Waals surface area contributed by atoms with Crippen LogP contribution < -0.4 is 0 Å². The summed E-state index contributed by atoms with van der Waals surface area (Å²) in [7, 11) is 2.05. The molecule has 0 aromatic heterocycles. The summed E-state index contributed by atoms with van der Waals surface area (Å²) >= 11 is 0. The first-order valence-corrected chi connectivity index (χ1v) is 2.59. The summed E-state index contributed by atoms with van der Waals surface area (Å²) < 4.78 is 5.18. The number of rotatable bonds is 0. The van der Waals surface area contributed by atoms with Crippen LogP contribution in [-0.4, -0.2) is 24.4 Å². The summed E-state index contributed by atoms with van der Waals surface area (Å²) in [6.45, 7) is 4.08. The van der Waals surface area contributed by atoms with Gasteiger partial charge in [0.2, 0.25) is 0 Å². The minimum atomic E-state index is 0.343. The Labute approximate surface area is 44.1 Å². The largest absolute Gasteiger partial charge is 0.345 e. The van der Waals surface area contributed by atoms with E-state index in [1.54, 1.807) is 0 Å².